The van der Waals surface area contributed by atoms with Gasteiger partial charge in [-0.1, -0.05) is 24.3 Å². The Balaban J connectivity index is 2.00. The van der Waals surface area contributed by atoms with Gasteiger partial charge in [0.2, 0.25) is 0 Å². The van der Waals surface area contributed by atoms with Crippen LogP contribution in [0.4, 0.5) is 5.82 Å². The highest BCUT2D eigenvalue weighted by molar-refractivity contribution is 14.1. The third kappa shape index (κ3) is 2.66. The molecule has 1 aromatic carbocycles. The molecule has 4 heteroatoms. The predicted molar refractivity (Wildman–Crippen MR) is 90.1 cm³/mol. The summed E-state index contributed by atoms with van der Waals surface area (Å²) in [6.07, 6.45) is 5.46. The van der Waals surface area contributed by atoms with Crippen molar-refractivity contribution in [3.8, 4) is 0 Å². The van der Waals surface area contributed by atoms with E-state index in [0.717, 1.165) is 28.2 Å². The van der Waals surface area contributed by atoms with Crippen LogP contribution in [0.1, 0.15) is 42.6 Å². The van der Waals surface area contributed by atoms with Crippen LogP contribution in [0.25, 0.3) is 0 Å². The lowest BCUT2D eigenvalue weighted by Gasteiger charge is -2.24. The number of nitrogens with zero attached hydrogens (tertiary/aromatic N) is 2. The fraction of sp³-hybridized carbons (Fsp3) is 0.375. The predicted octanol–water partition coefficient (Wildman–Crippen LogP) is 3.98. The largest absolute Gasteiger partial charge is 0.369 e. The molecular formula is C16H18IN3. The molecule has 0 fully saturated rings. The van der Waals surface area contributed by atoms with Gasteiger partial charge in [-0.15, -0.1) is 0 Å². The van der Waals surface area contributed by atoms with Crippen molar-refractivity contribution in [1.29, 1.82) is 0 Å². The van der Waals surface area contributed by atoms with Gasteiger partial charge in [0.15, 0.2) is 0 Å². The van der Waals surface area contributed by atoms with E-state index in [1.54, 1.807) is 0 Å². The molecule has 1 aliphatic carbocycles. The molecule has 1 aliphatic rings. The first-order valence-electron chi connectivity index (χ1n) is 7.13. The van der Waals surface area contributed by atoms with Crippen molar-refractivity contribution in [2.75, 3.05) is 11.9 Å². The van der Waals surface area contributed by atoms with E-state index in [2.05, 4.69) is 64.1 Å². The Kier molecular flexibility index (Phi) is 4.19. The minimum absolute atomic E-state index is 0.342. The van der Waals surface area contributed by atoms with Gasteiger partial charge in [-0.25, -0.2) is 9.97 Å². The van der Waals surface area contributed by atoms with E-state index >= 15 is 0 Å². The number of aryl methyl sites for hydroxylation is 1. The zero-order chi connectivity index (χ0) is 13.9. The smallest absolute Gasteiger partial charge is 0.143 e. The van der Waals surface area contributed by atoms with E-state index in [1.165, 1.54) is 24.0 Å². The van der Waals surface area contributed by atoms with E-state index in [9.17, 15) is 0 Å². The van der Waals surface area contributed by atoms with Crippen molar-refractivity contribution in [1.82, 2.24) is 9.97 Å². The van der Waals surface area contributed by atoms with Crippen molar-refractivity contribution >= 4 is 28.4 Å². The lowest BCUT2D eigenvalue weighted by molar-refractivity contribution is 0.590. The Morgan fingerprint density at radius 2 is 2.20 bits per heavy atom. The molecule has 0 saturated heterocycles. The summed E-state index contributed by atoms with van der Waals surface area (Å²) in [6, 6.07) is 8.71. The average Bonchev–Trinajstić information content (AvgIpc) is 2.49. The molecule has 0 spiro atoms. The minimum Gasteiger partial charge on any atom is -0.369 e. The van der Waals surface area contributed by atoms with Crippen LogP contribution in [0.2, 0.25) is 0 Å². The molecule has 0 amide bonds. The van der Waals surface area contributed by atoms with Gasteiger partial charge in [-0.3, -0.25) is 0 Å². The maximum Gasteiger partial charge on any atom is 0.143 e. The molecule has 1 atom stereocenters. The Morgan fingerprint density at radius 1 is 1.35 bits per heavy atom. The molecule has 0 aliphatic heterocycles. The lowest BCUT2D eigenvalue weighted by atomic mass is 9.82. The van der Waals surface area contributed by atoms with Gasteiger partial charge in [0.25, 0.3) is 0 Å². The third-order valence-corrected chi connectivity index (χ3v) is 4.58. The van der Waals surface area contributed by atoms with Gasteiger partial charge in [0.1, 0.15) is 11.6 Å². The van der Waals surface area contributed by atoms with Crippen LogP contribution in [-0.4, -0.2) is 16.5 Å². The number of benzene rings is 1. The topological polar surface area (TPSA) is 37.8 Å². The number of fused-ring (bicyclic) bond motifs is 1. The molecule has 2 aromatic rings. The first kappa shape index (κ1) is 13.8. The third-order valence-electron chi connectivity index (χ3n) is 3.79. The molecule has 0 radical (unpaired) electrons. The first-order chi connectivity index (χ1) is 9.79. The van der Waals surface area contributed by atoms with Crippen LogP contribution in [-0.2, 0) is 6.42 Å². The molecular weight excluding hydrogens is 361 g/mol. The summed E-state index contributed by atoms with van der Waals surface area (Å²) in [6.45, 7) is 2.97. The lowest BCUT2D eigenvalue weighted by Crippen LogP contribution is -2.15. The fourth-order valence-corrected chi connectivity index (χ4v) is 3.31. The SMILES string of the molecule is CCNc1nc(C2CCCc3ccccc32)ncc1I. The van der Waals surface area contributed by atoms with E-state index in [-0.39, 0.29) is 0 Å². The molecule has 0 saturated carbocycles. The van der Waals surface area contributed by atoms with E-state index in [4.69, 9.17) is 4.98 Å². The summed E-state index contributed by atoms with van der Waals surface area (Å²) in [5, 5.41) is 3.32. The second kappa shape index (κ2) is 6.08. The second-order valence-corrected chi connectivity index (χ2v) is 6.26. The molecule has 0 bridgehead atoms. The van der Waals surface area contributed by atoms with Gasteiger partial charge in [0.05, 0.1) is 3.57 Å². The van der Waals surface area contributed by atoms with Crippen LogP contribution in [0.5, 0.6) is 0 Å². The van der Waals surface area contributed by atoms with Crippen molar-refractivity contribution in [3.63, 3.8) is 0 Å². The normalized spacial score (nSPS) is 17.6. The van der Waals surface area contributed by atoms with Gasteiger partial charge < -0.3 is 5.32 Å². The standard InChI is InChI=1S/C16H18IN3/c1-2-18-16-14(17)10-19-15(20-16)13-9-5-7-11-6-3-4-8-12(11)13/h3-4,6,8,10,13H,2,5,7,9H2,1H3,(H,18,19,20). The van der Waals surface area contributed by atoms with Gasteiger partial charge in [0, 0.05) is 18.7 Å². The molecule has 3 rings (SSSR count). The van der Waals surface area contributed by atoms with E-state index in [1.807, 2.05) is 6.20 Å². The summed E-state index contributed by atoms with van der Waals surface area (Å²) in [4.78, 5) is 9.34. The van der Waals surface area contributed by atoms with Crippen LogP contribution >= 0.6 is 22.6 Å². The molecule has 1 aromatic heterocycles. The van der Waals surface area contributed by atoms with Crippen molar-refractivity contribution in [3.05, 3.63) is 51.0 Å². The van der Waals surface area contributed by atoms with Crippen LogP contribution < -0.4 is 5.32 Å². The number of aromatic nitrogens is 2. The average molecular weight is 379 g/mol. The second-order valence-electron chi connectivity index (χ2n) is 5.10. The summed E-state index contributed by atoms with van der Waals surface area (Å²) < 4.78 is 1.08. The van der Waals surface area contributed by atoms with Crippen molar-refractivity contribution in [2.45, 2.75) is 32.1 Å². The summed E-state index contributed by atoms with van der Waals surface area (Å²) >= 11 is 2.28. The van der Waals surface area contributed by atoms with Gasteiger partial charge in [-0.05, 0) is 59.9 Å². The Bertz CT molecular complexity index is 612. The monoisotopic (exact) mass is 379 g/mol. The quantitative estimate of drug-likeness (QED) is 0.820. The molecule has 1 N–H and O–H groups in total. The zero-order valence-electron chi connectivity index (χ0n) is 11.6. The summed E-state index contributed by atoms with van der Waals surface area (Å²) in [5.41, 5.74) is 2.86. The number of halogens is 1. The Labute approximate surface area is 133 Å². The highest BCUT2D eigenvalue weighted by Gasteiger charge is 2.24. The summed E-state index contributed by atoms with van der Waals surface area (Å²) in [7, 11) is 0. The van der Waals surface area contributed by atoms with Crippen molar-refractivity contribution < 1.29 is 0 Å². The maximum absolute atomic E-state index is 4.75. The number of hydrogen-bond acceptors (Lipinski definition) is 3. The highest BCUT2D eigenvalue weighted by atomic mass is 127. The van der Waals surface area contributed by atoms with Crippen molar-refractivity contribution in [2.24, 2.45) is 0 Å². The van der Waals surface area contributed by atoms with Crippen LogP contribution in [0.15, 0.2) is 30.5 Å². The first-order valence-corrected chi connectivity index (χ1v) is 8.21. The van der Waals surface area contributed by atoms with E-state index < -0.39 is 0 Å². The maximum atomic E-state index is 4.75. The van der Waals surface area contributed by atoms with Gasteiger partial charge >= 0.3 is 0 Å². The van der Waals surface area contributed by atoms with Gasteiger partial charge in [-0.2, -0.15) is 0 Å². The Hall–Kier alpha value is -1.17. The molecule has 3 nitrogen and oxygen atoms in total. The number of nitrogens with one attached hydrogen (secondary N) is 1. The highest BCUT2D eigenvalue weighted by Crippen LogP contribution is 2.35. The van der Waals surface area contributed by atoms with Crippen LogP contribution in [0, 0.1) is 3.57 Å². The molecule has 1 unspecified atom stereocenters. The fourth-order valence-electron chi connectivity index (χ4n) is 2.86. The molecule has 1 heterocycles. The number of hydrogen-bond donors (Lipinski definition) is 1. The molecule has 20 heavy (non-hydrogen) atoms. The number of anilines is 1. The molecule has 104 valence electrons. The number of rotatable bonds is 3. The zero-order valence-corrected chi connectivity index (χ0v) is 13.7. The van der Waals surface area contributed by atoms with E-state index in [0.29, 0.717) is 5.92 Å². The minimum atomic E-state index is 0.342. The Morgan fingerprint density at radius 3 is 3.05 bits per heavy atom. The summed E-state index contributed by atoms with van der Waals surface area (Å²) in [5.74, 6) is 2.25. The van der Waals surface area contributed by atoms with Crippen LogP contribution in [0.3, 0.4) is 0 Å².